The van der Waals surface area contributed by atoms with Crippen molar-refractivity contribution in [3.8, 4) is 0 Å². The minimum Gasteiger partial charge on any atom is -0.361 e. The second-order valence-corrected chi connectivity index (χ2v) is 5.66. The van der Waals surface area contributed by atoms with E-state index >= 15 is 0 Å². The highest BCUT2D eigenvalue weighted by molar-refractivity contribution is 5.13. The van der Waals surface area contributed by atoms with Gasteiger partial charge in [0.25, 0.3) is 0 Å². The highest BCUT2D eigenvalue weighted by atomic mass is 16.5. The van der Waals surface area contributed by atoms with Crippen LogP contribution in [0.4, 0.5) is 0 Å². The summed E-state index contributed by atoms with van der Waals surface area (Å²) in [4.78, 5) is 6.44. The van der Waals surface area contributed by atoms with Crippen molar-refractivity contribution < 1.29 is 4.52 Å². The zero-order valence-electron chi connectivity index (χ0n) is 12.1. The Bertz CT molecular complexity index is 534. The molecular weight excluding hydrogens is 254 g/mol. The second-order valence-electron chi connectivity index (χ2n) is 5.66. The van der Waals surface area contributed by atoms with E-state index < -0.39 is 0 Å². The number of likely N-dealkylation sites (tertiary alicyclic amines) is 1. The third-order valence-corrected chi connectivity index (χ3v) is 3.90. The molecule has 1 atom stereocenters. The Balaban J connectivity index is 1.65. The Kier molecular flexibility index (Phi) is 3.82. The topological polar surface area (TPSA) is 60.0 Å². The summed E-state index contributed by atoms with van der Waals surface area (Å²) in [5.74, 6) is 1.37. The lowest BCUT2D eigenvalue weighted by molar-refractivity contribution is 0.232. The molecule has 0 N–H and O–H groups in total. The van der Waals surface area contributed by atoms with E-state index in [4.69, 9.17) is 4.52 Å². The molecular formula is C14H21N5O. The van der Waals surface area contributed by atoms with Gasteiger partial charge in [0.05, 0.1) is 12.6 Å². The fraction of sp³-hybridized carbons (Fsp3) is 0.643. The van der Waals surface area contributed by atoms with Crippen molar-refractivity contribution in [1.29, 1.82) is 0 Å². The Hall–Kier alpha value is -1.69. The summed E-state index contributed by atoms with van der Waals surface area (Å²) in [6.45, 7) is 7.20. The van der Waals surface area contributed by atoms with E-state index in [1.165, 1.54) is 6.42 Å². The largest absolute Gasteiger partial charge is 0.361 e. The van der Waals surface area contributed by atoms with Crippen molar-refractivity contribution >= 4 is 0 Å². The Labute approximate surface area is 118 Å². The van der Waals surface area contributed by atoms with Crippen LogP contribution in [0.1, 0.15) is 50.1 Å². The molecule has 0 saturated carbocycles. The molecule has 3 heterocycles. The van der Waals surface area contributed by atoms with Crippen molar-refractivity contribution in [2.45, 2.75) is 45.2 Å². The maximum absolute atomic E-state index is 5.43. The van der Waals surface area contributed by atoms with Crippen LogP contribution in [0.2, 0.25) is 0 Å². The molecule has 6 heteroatoms. The third-order valence-electron chi connectivity index (χ3n) is 3.90. The molecule has 2 aromatic rings. The van der Waals surface area contributed by atoms with E-state index in [2.05, 4.69) is 40.1 Å². The third kappa shape index (κ3) is 2.75. The highest BCUT2D eigenvalue weighted by Gasteiger charge is 2.28. The van der Waals surface area contributed by atoms with Crippen LogP contribution >= 0.6 is 0 Å². The molecule has 108 valence electrons. The first-order valence-corrected chi connectivity index (χ1v) is 7.27. The molecule has 0 spiro atoms. The van der Waals surface area contributed by atoms with E-state index in [1.54, 1.807) is 12.7 Å². The predicted octanol–water partition coefficient (Wildman–Crippen LogP) is 2.23. The van der Waals surface area contributed by atoms with Crippen molar-refractivity contribution in [3.05, 3.63) is 30.2 Å². The lowest BCUT2D eigenvalue weighted by Gasteiger charge is -2.22. The van der Waals surface area contributed by atoms with Crippen LogP contribution in [0.3, 0.4) is 0 Å². The van der Waals surface area contributed by atoms with Gasteiger partial charge in [0.15, 0.2) is 0 Å². The van der Waals surface area contributed by atoms with Gasteiger partial charge in [-0.1, -0.05) is 19.0 Å². The predicted molar refractivity (Wildman–Crippen MR) is 74.2 cm³/mol. The van der Waals surface area contributed by atoms with Gasteiger partial charge >= 0.3 is 0 Å². The summed E-state index contributed by atoms with van der Waals surface area (Å²) in [5, 5.41) is 8.41. The quantitative estimate of drug-likeness (QED) is 0.837. The smallest absolute Gasteiger partial charge is 0.139 e. The number of aromatic nitrogens is 4. The summed E-state index contributed by atoms with van der Waals surface area (Å²) in [5.41, 5.74) is 1.07. The zero-order chi connectivity index (χ0) is 13.9. The van der Waals surface area contributed by atoms with Gasteiger partial charge in [-0.15, -0.1) is 0 Å². The molecule has 1 saturated heterocycles. The standard InChI is InChI=1S/C14H21N5O/c1-11(2)14-8-12(17-20-14)13-4-3-5-18(13)6-7-19-10-15-9-16-19/h8-11,13H,3-7H2,1-2H3/t13-/m1/s1. The van der Waals surface area contributed by atoms with E-state index in [-0.39, 0.29) is 0 Å². The van der Waals surface area contributed by atoms with E-state index in [0.717, 1.165) is 37.5 Å². The molecule has 0 aromatic carbocycles. The van der Waals surface area contributed by atoms with Crippen LogP contribution in [0.5, 0.6) is 0 Å². The Morgan fingerprint density at radius 3 is 3.00 bits per heavy atom. The maximum atomic E-state index is 5.43. The number of rotatable bonds is 5. The minimum atomic E-state index is 0.384. The number of hydrogen-bond donors (Lipinski definition) is 0. The SMILES string of the molecule is CC(C)c1cc([C@H]2CCCN2CCn2cncn2)no1. The lowest BCUT2D eigenvalue weighted by Crippen LogP contribution is -2.27. The van der Waals surface area contributed by atoms with Crippen molar-refractivity contribution in [2.24, 2.45) is 0 Å². The van der Waals surface area contributed by atoms with Crippen molar-refractivity contribution in [3.63, 3.8) is 0 Å². The molecule has 0 amide bonds. The summed E-state index contributed by atoms with van der Waals surface area (Å²) < 4.78 is 7.31. The van der Waals surface area contributed by atoms with Gasteiger partial charge in [-0.25, -0.2) is 4.98 Å². The van der Waals surface area contributed by atoms with Crippen LogP contribution in [0.15, 0.2) is 23.2 Å². The van der Waals surface area contributed by atoms with Gasteiger partial charge in [-0.2, -0.15) is 5.10 Å². The average Bonchev–Trinajstić information content (AvgIpc) is 3.17. The summed E-state index contributed by atoms with van der Waals surface area (Å²) >= 11 is 0. The summed E-state index contributed by atoms with van der Waals surface area (Å²) in [7, 11) is 0. The summed E-state index contributed by atoms with van der Waals surface area (Å²) in [6.07, 6.45) is 5.71. The lowest BCUT2D eigenvalue weighted by atomic mass is 10.1. The molecule has 3 rings (SSSR count). The molecule has 20 heavy (non-hydrogen) atoms. The van der Waals surface area contributed by atoms with E-state index in [0.29, 0.717) is 12.0 Å². The summed E-state index contributed by atoms with van der Waals surface area (Å²) in [6, 6.07) is 2.50. The van der Waals surface area contributed by atoms with Gasteiger partial charge in [-0.05, 0) is 19.4 Å². The van der Waals surface area contributed by atoms with E-state index in [1.807, 2.05) is 4.68 Å². The fourth-order valence-electron chi connectivity index (χ4n) is 2.74. The first kappa shape index (κ1) is 13.3. The molecule has 0 aliphatic carbocycles. The van der Waals surface area contributed by atoms with Crippen molar-refractivity contribution in [2.75, 3.05) is 13.1 Å². The molecule has 1 fully saturated rings. The van der Waals surface area contributed by atoms with Crippen LogP contribution in [-0.4, -0.2) is 37.9 Å². The fourth-order valence-corrected chi connectivity index (χ4v) is 2.74. The van der Waals surface area contributed by atoms with Gasteiger partial charge in [0.1, 0.15) is 24.1 Å². The average molecular weight is 275 g/mol. The van der Waals surface area contributed by atoms with Crippen molar-refractivity contribution in [1.82, 2.24) is 24.8 Å². The normalized spacial score (nSPS) is 20.1. The first-order valence-electron chi connectivity index (χ1n) is 7.27. The van der Waals surface area contributed by atoms with E-state index in [9.17, 15) is 0 Å². The van der Waals surface area contributed by atoms with Crippen LogP contribution in [0, 0.1) is 0 Å². The molecule has 2 aromatic heterocycles. The Morgan fingerprint density at radius 2 is 2.30 bits per heavy atom. The zero-order valence-corrected chi connectivity index (χ0v) is 12.1. The Morgan fingerprint density at radius 1 is 1.40 bits per heavy atom. The second kappa shape index (κ2) is 5.75. The monoisotopic (exact) mass is 275 g/mol. The van der Waals surface area contributed by atoms with Crippen LogP contribution in [-0.2, 0) is 6.54 Å². The minimum absolute atomic E-state index is 0.384. The van der Waals surface area contributed by atoms with Gasteiger partial charge in [-0.3, -0.25) is 9.58 Å². The molecule has 0 bridgehead atoms. The molecule has 6 nitrogen and oxygen atoms in total. The van der Waals surface area contributed by atoms with Gasteiger partial charge in [0.2, 0.25) is 0 Å². The molecule has 1 aliphatic rings. The van der Waals surface area contributed by atoms with Crippen LogP contribution in [0.25, 0.3) is 0 Å². The highest BCUT2D eigenvalue weighted by Crippen LogP contribution is 2.32. The van der Waals surface area contributed by atoms with Crippen LogP contribution < -0.4 is 0 Å². The number of hydrogen-bond acceptors (Lipinski definition) is 5. The molecule has 0 unspecified atom stereocenters. The molecule has 1 aliphatic heterocycles. The molecule has 0 radical (unpaired) electrons. The maximum Gasteiger partial charge on any atom is 0.139 e. The van der Waals surface area contributed by atoms with Gasteiger partial charge in [0, 0.05) is 18.5 Å². The number of nitrogens with zero attached hydrogens (tertiary/aromatic N) is 5. The first-order chi connectivity index (χ1) is 9.74. The van der Waals surface area contributed by atoms with Gasteiger partial charge < -0.3 is 4.52 Å².